The fourth-order valence-electron chi connectivity index (χ4n) is 4.38. The molecule has 4 heterocycles. The van der Waals surface area contributed by atoms with Crippen molar-refractivity contribution in [3.63, 3.8) is 0 Å². The van der Waals surface area contributed by atoms with Crippen LogP contribution in [0.3, 0.4) is 0 Å². The number of hydrogen-bond acceptors (Lipinski definition) is 7. The monoisotopic (exact) mass is 463 g/mol. The second kappa shape index (κ2) is 8.82. The normalized spacial score (nSPS) is 14.8. The molecule has 1 fully saturated rings. The Morgan fingerprint density at radius 1 is 1.18 bits per heavy atom. The summed E-state index contributed by atoms with van der Waals surface area (Å²) in [4.78, 5) is 15.1. The lowest BCUT2D eigenvalue weighted by Gasteiger charge is -2.31. The van der Waals surface area contributed by atoms with E-state index in [-0.39, 0.29) is 23.9 Å². The van der Waals surface area contributed by atoms with Crippen LogP contribution < -0.4 is 4.90 Å². The zero-order valence-electron chi connectivity index (χ0n) is 18.9. The third kappa shape index (κ3) is 3.98. The summed E-state index contributed by atoms with van der Waals surface area (Å²) in [5.74, 6) is -0.0744. The minimum absolute atomic E-state index is 0.0464. The summed E-state index contributed by atoms with van der Waals surface area (Å²) in [6.45, 7) is 5.41. The Kier molecular flexibility index (Phi) is 5.69. The molecule has 0 unspecified atom stereocenters. The highest BCUT2D eigenvalue weighted by Crippen LogP contribution is 2.32. The number of halogens is 2. The molecule has 10 heteroatoms. The zero-order valence-corrected chi connectivity index (χ0v) is 18.9. The van der Waals surface area contributed by atoms with Crippen molar-refractivity contribution in [3.8, 4) is 6.07 Å². The van der Waals surface area contributed by atoms with Crippen molar-refractivity contribution in [2.24, 2.45) is 0 Å². The first-order chi connectivity index (χ1) is 16.4. The topological polar surface area (TPSA) is 96.7 Å². The van der Waals surface area contributed by atoms with Gasteiger partial charge in [0, 0.05) is 37.7 Å². The minimum atomic E-state index is -0.514. The summed E-state index contributed by atoms with van der Waals surface area (Å²) in [5.41, 5.74) is 1.49. The number of nitrogens with zero attached hydrogens (tertiary/aromatic N) is 7. The fourth-order valence-corrected chi connectivity index (χ4v) is 4.38. The number of rotatable bonds is 5. The standard InChI is InChI=1S/C24H23F2N7O/c1-14(2)22-30-24(34-31-22)32-7-5-17(6-8-32)33-12-19(26)21-20(28-13-29-23(21)33)10-16-4-3-15(11-27)9-18(16)25/h3-4,9,12-14,17H,5-8,10H2,1-2H3. The van der Waals surface area contributed by atoms with E-state index in [0.29, 0.717) is 47.2 Å². The third-order valence-electron chi connectivity index (χ3n) is 6.26. The average Bonchev–Trinajstić information content (AvgIpc) is 3.47. The van der Waals surface area contributed by atoms with Gasteiger partial charge in [-0.15, -0.1) is 0 Å². The Balaban J connectivity index is 1.38. The first-order valence-electron chi connectivity index (χ1n) is 11.2. The van der Waals surface area contributed by atoms with Gasteiger partial charge < -0.3 is 14.0 Å². The first kappa shape index (κ1) is 21.9. The van der Waals surface area contributed by atoms with E-state index in [9.17, 15) is 4.39 Å². The molecular weight excluding hydrogens is 440 g/mol. The summed E-state index contributed by atoms with van der Waals surface area (Å²) in [7, 11) is 0. The maximum absolute atomic E-state index is 15.1. The molecule has 5 rings (SSSR count). The fraction of sp³-hybridized carbons (Fsp3) is 0.375. The van der Waals surface area contributed by atoms with E-state index in [0.717, 1.165) is 12.8 Å². The largest absolute Gasteiger partial charge is 0.326 e. The van der Waals surface area contributed by atoms with E-state index < -0.39 is 11.6 Å². The maximum Gasteiger partial charge on any atom is 0.324 e. The molecule has 0 amide bonds. The molecule has 0 bridgehead atoms. The van der Waals surface area contributed by atoms with Gasteiger partial charge in [0.25, 0.3) is 0 Å². The Morgan fingerprint density at radius 2 is 1.97 bits per heavy atom. The van der Waals surface area contributed by atoms with Crippen molar-refractivity contribution in [2.45, 2.75) is 45.1 Å². The molecule has 0 radical (unpaired) electrons. The lowest BCUT2D eigenvalue weighted by molar-refractivity contribution is 0.360. The van der Waals surface area contributed by atoms with Crippen LogP contribution in [0.2, 0.25) is 0 Å². The lowest BCUT2D eigenvalue weighted by atomic mass is 10.0. The number of fused-ring (bicyclic) bond motifs is 1. The molecule has 8 nitrogen and oxygen atoms in total. The van der Waals surface area contributed by atoms with Crippen LogP contribution in [-0.4, -0.2) is 37.8 Å². The average molecular weight is 463 g/mol. The molecule has 34 heavy (non-hydrogen) atoms. The van der Waals surface area contributed by atoms with E-state index >= 15 is 4.39 Å². The molecule has 1 aliphatic heterocycles. The first-order valence-corrected chi connectivity index (χ1v) is 11.2. The predicted octanol–water partition coefficient (Wildman–Crippen LogP) is 4.52. The zero-order chi connectivity index (χ0) is 23.8. The number of piperidine rings is 1. The molecule has 174 valence electrons. The second-order valence-electron chi connectivity index (χ2n) is 8.81. The Morgan fingerprint density at radius 3 is 2.65 bits per heavy atom. The van der Waals surface area contributed by atoms with Crippen LogP contribution in [0.5, 0.6) is 0 Å². The van der Waals surface area contributed by atoms with Crippen LogP contribution in [0.1, 0.15) is 61.3 Å². The van der Waals surface area contributed by atoms with Gasteiger partial charge in [-0.25, -0.2) is 18.7 Å². The van der Waals surface area contributed by atoms with Crippen LogP contribution >= 0.6 is 0 Å². The van der Waals surface area contributed by atoms with Gasteiger partial charge in [0.1, 0.15) is 17.8 Å². The van der Waals surface area contributed by atoms with Crippen molar-refractivity contribution in [1.82, 2.24) is 24.7 Å². The van der Waals surface area contributed by atoms with Gasteiger partial charge in [0.05, 0.1) is 22.7 Å². The van der Waals surface area contributed by atoms with E-state index in [1.165, 1.54) is 24.7 Å². The molecular formula is C24H23F2N7O. The van der Waals surface area contributed by atoms with Crippen LogP contribution in [0, 0.1) is 23.0 Å². The predicted molar refractivity (Wildman–Crippen MR) is 120 cm³/mol. The Labute approximate surface area is 194 Å². The summed E-state index contributed by atoms with van der Waals surface area (Å²) >= 11 is 0. The highest BCUT2D eigenvalue weighted by atomic mass is 19.1. The SMILES string of the molecule is CC(C)c1noc(N2CCC(n3cc(F)c4c(Cc5ccc(C#N)cc5F)ncnc43)CC2)n1. The maximum atomic E-state index is 15.1. The van der Waals surface area contributed by atoms with Crippen molar-refractivity contribution in [1.29, 1.82) is 5.26 Å². The summed E-state index contributed by atoms with van der Waals surface area (Å²) in [6, 6.07) is 6.73. The summed E-state index contributed by atoms with van der Waals surface area (Å²) in [5, 5.41) is 13.3. The van der Waals surface area contributed by atoms with Crippen LogP contribution in [0.15, 0.2) is 35.2 Å². The molecule has 0 N–H and O–H groups in total. The second-order valence-corrected chi connectivity index (χ2v) is 8.81. The molecule has 0 spiro atoms. The van der Waals surface area contributed by atoms with Gasteiger partial charge in [0.15, 0.2) is 11.6 Å². The summed E-state index contributed by atoms with van der Waals surface area (Å²) < 4.78 is 36.8. The van der Waals surface area contributed by atoms with Crippen LogP contribution in [0.25, 0.3) is 11.0 Å². The Bertz CT molecular complexity index is 1380. The van der Waals surface area contributed by atoms with Gasteiger partial charge >= 0.3 is 6.01 Å². The highest BCUT2D eigenvalue weighted by molar-refractivity contribution is 5.80. The number of hydrogen-bond donors (Lipinski definition) is 0. The molecule has 0 atom stereocenters. The number of anilines is 1. The number of benzene rings is 1. The van der Waals surface area contributed by atoms with Crippen LogP contribution in [0.4, 0.5) is 14.8 Å². The van der Waals surface area contributed by atoms with Gasteiger partial charge in [-0.2, -0.15) is 10.2 Å². The van der Waals surface area contributed by atoms with Crippen molar-refractivity contribution < 1.29 is 13.3 Å². The van der Waals surface area contributed by atoms with E-state index in [1.807, 2.05) is 29.4 Å². The quantitative estimate of drug-likeness (QED) is 0.429. The van der Waals surface area contributed by atoms with Gasteiger partial charge in [-0.05, 0) is 30.5 Å². The lowest BCUT2D eigenvalue weighted by Crippen LogP contribution is -2.34. The molecule has 1 aromatic carbocycles. The van der Waals surface area contributed by atoms with E-state index in [1.54, 1.807) is 6.07 Å². The third-order valence-corrected chi connectivity index (χ3v) is 6.26. The van der Waals surface area contributed by atoms with Gasteiger partial charge in [-0.3, -0.25) is 0 Å². The number of nitriles is 1. The van der Waals surface area contributed by atoms with Gasteiger partial charge in [0.2, 0.25) is 0 Å². The highest BCUT2D eigenvalue weighted by Gasteiger charge is 2.27. The van der Waals surface area contributed by atoms with E-state index in [2.05, 4.69) is 20.1 Å². The minimum Gasteiger partial charge on any atom is -0.326 e. The molecule has 1 aliphatic rings. The Hall–Kier alpha value is -3.87. The summed E-state index contributed by atoms with van der Waals surface area (Å²) in [6.07, 6.45) is 4.46. The number of aromatic nitrogens is 5. The van der Waals surface area contributed by atoms with Crippen molar-refractivity contribution in [3.05, 3.63) is 65.0 Å². The molecule has 0 aliphatic carbocycles. The van der Waals surface area contributed by atoms with Crippen LogP contribution in [-0.2, 0) is 6.42 Å². The smallest absolute Gasteiger partial charge is 0.324 e. The molecule has 3 aromatic heterocycles. The molecule has 1 saturated heterocycles. The van der Waals surface area contributed by atoms with Crippen molar-refractivity contribution in [2.75, 3.05) is 18.0 Å². The molecule has 0 saturated carbocycles. The van der Waals surface area contributed by atoms with E-state index in [4.69, 9.17) is 9.78 Å². The van der Waals surface area contributed by atoms with Crippen molar-refractivity contribution >= 4 is 17.0 Å². The molecule has 4 aromatic rings. The van der Waals surface area contributed by atoms with Gasteiger partial charge in [-0.1, -0.05) is 25.1 Å².